The molecule has 0 bridgehead atoms. The summed E-state index contributed by atoms with van der Waals surface area (Å²) in [7, 11) is 0. The van der Waals surface area contributed by atoms with Crippen LogP contribution in [0, 0.1) is 16.4 Å². The highest BCUT2D eigenvalue weighted by atomic mass is 16.6. The lowest BCUT2D eigenvalue weighted by Gasteiger charge is -2.33. The van der Waals surface area contributed by atoms with E-state index in [-0.39, 0.29) is 17.5 Å². The predicted molar refractivity (Wildman–Crippen MR) is 57.7 cm³/mol. The van der Waals surface area contributed by atoms with Crippen LogP contribution in [0.2, 0.25) is 0 Å². The van der Waals surface area contributed by atoms with Gasteiger partial charge in [0.2, 0.25) is 6.54 Å². The summed E-state index contributed by atoms with van der Waals surface area (Å²) in [5, 5.41) is 10.6. The lowest BCUT2D eigenvalue weighted by Crippen LogP contribution is -2.44. The van der Waals surface area contributed by atoms with Crippen LogP contribution in [0.1, 0.15) is 19.3 Å². The quantitative estimate of drug-likeness (QED) is 0.560. The molecule has 6 heteroatoms. The number of nitrogens with zero attached hydrogens (tertiary/aromatic N) is 4. The topological polar surface area (TPSA) is 72.2 Å². The first kappa shape index (κ1) is 10.8. The van der Waals surface area contributed by atoms with E-state index in [9.17, 15) is 10.1 Å². The van der Waals surface area contributed by atoms with E-state index >= 15 is 0 Å². The minimum absolute atomic E-state index is 0.0238. The highest BCUT2D eigenvalue weighted by Crippen LogP contribution is 2.22. The van der Waals surface area contributed by atoms with Crippen LogP contribution in [0.4, 0.5) is 5.82 Å². The zero-order valence-electron chi connectivity index (χ0n) is 8.87. The smallest absolute Gasteiger partial charge is 0.223 e. The average molecular weight is 221 g/mol. The highest BCUT2D eigenvalue weighted by Gasteiger charge is 2.27. The Morgan fingerprint density at radius 2 is 2.50 bits per heavy atom. The average Bonchev–Trinajstić information content (AvgIpc) is 2.30. The van der Waals surface area contributed by atoms with Crippen molar-refractivity contribution in [2.24, 2.45) is 0 Å². The number of rotatable bonds is 3. The van der Waals surface area contributed by atoms with Crippen molar-refractivity contribution in [3.05, 3.63) is 28.7 Å². The lowest BCUT2D eigenvalue weighted by molar-refractivity contribution is -0.482. The molecule has 6 nitrogen and oxygen atoms in total. The van der Waals surface area contributed by atoms with E-state index in [0.29, 0.717) is 0 Å². The summed E-state index contributed by atoms with van der Waals surface area (Å²) in [4.78, 5) is 20.1. The third kappa shape index (κ3) is 2.44. The van der Waals surface area contributed by atoms with E-state index in [1.165, 1.54) is 0 Å². The maximum atomic E-state index is 10.6. The predicted octanol–water partition coefficient (Wildman–Crippen LogP) is 0.912. The van der Waals surface area contributed by atoms with Gasteiger partial charge in [-0.25, -0.2) is 9.97 Å². The molecule has 1 atom stereocenters. The standard InChI is InChI=1S/C10H13N4O2/c15-14(16)7-9-3-1-2-6-13(9)10-4-5-11-8-12-10/h4-5,9H,1-3,6-7H2. The van der Waals surface area contributed by atoms with Gasteiger partial charge in [0.25, 0.3) is 0 Å². The summed E-state index contributed by atoms with van der Waals surface area (Å²) in [6.45, 7) is 0.799. The second-order valence-corrected chi connectivity index (χ2v) is 3.87. The van der Waals surface area contributed by atoms with Crippen LogP contribution in [0.5, 0.6) is 0 Å². The van der Waals surface area contributed by atoms with Gasteiger partial charge in [0.05, 0.1) is 6.04 Å². The molecule has 0 spiro atoms. The Hall–Kier alpha value is -1.72. The lowest BCUT2D eigenvalue weighted by atomic mass is 10.0. The second-order valence-electron chi connectivity index (χ2n) is 3.87. The molecule has 0 aliphatic carbocycles. The Labute approximate surface area is 93.5 Å². The van der Waals surface area contributed by atoms with Gasteiger partial charge in [-0.2, -0.15) is 0 Å². The number of piperidine rings is 1. The van der Waals surface area contributed by atoms with Crippen molar-refractivity contribution < 1.29 is 4.92 Å². The second kappa shape index (κ2) is 4.87. The normalized spacial score (nSPS) is 20.8. The number of anilines is 1. The molecule has 1 aliphatic rings. The summed E-state index contributed by atoms with van der Waals surface area (Å²) in [6.07, 6.45) is 7.08. The van der Waals surface area contributed by atoms with Crippen molar-refractivity contribution in [2.45, 2.75) is 25.3 Å². The zero-order valence-corrected chi connectivity index (χ0v) is 8.87. The first-order valence-electron chi connectivity index (χ1n) is 5.35. The van der Waals surface area contributed by atoms with Gasteiger partial charge in [-0.3, -0.25) is 10.1 Å². The molecular weight excluding hydrogens is 208 g/mol. The Kier molecular flexibility index (Phi) is 3.28. The third-order valence-corrected chi connectivity index (χ3v) is 2.80. The van der Waals surface area contributed by atoms with Crippen LogP contribution in [0.15, 0.2) is 12.3 Å². The molecule has 0 aromatic carbocycles. The van der Waals surface area contributed by atoms with E-state index in [1.54, 1.807) is 12.3 Å². The molecule has 1 unspecified atom stereocenters. The summed E-state index contributed by atoms with van der Waals surface area (Å²) in [5.74, 6) is 0.738. The van der Waals surface area contributed by atoms with Gasteiger partial charge < -0.3 is 4.90 Å². The minimum Gasteiger partial charge on any atom is -0.347 e. The van der Waals surface area contributed by atoms with Gasteiger partial charge in [0, 0.05) is 17.7 Å². The first-order chi connectivity index (χ1) is 7.77. The molecule has 0 amide bonds. The maximum Gasteiger partial charge on any atom is 0.223 e. The van der Waals surface area contributed by atoms with Crippen LogP contribution < -0.4 is 4.90 Å². The summed E-state index contributed by atoms with van der Waals surface area (Å²) in [5.41, 5.74) is 0. The molecule has 0 N–H and O–H groups in total. The van der Waals surface area contributed by atoms with Gasteiger partial charge in [0.1, 0.15) is 5.82 Å². The van der Waals surface area contributed by atoms with E-state index in [2.05, 4.69) is 16.3 Å². The van der Waals surface area contributed by atoms with Crippen LogP contribution in [-0.2, 0) is 0 Å². The summed E-state index contributed by atoms with van der Waals surface area (Å²) < 4.78 is 0. The van der Waals surface area contributed by atoms with Crippen LogP contribution in [-0.4, -0.2) is 34.0 Å². The van der Waals surface area contributed by atoms with Crippen molar-refractivity contribution in [1.82, 2.24) is 9.97 Å². The van der Waals surface area contributed by atoms with E-state index in [4.69, 9.17) is 0 Å². The molecule has 2 rings (SSSR count). The molecule has 16 heavy (non-hydrogen) atoms. The maximum absolute atomic E-state index is 10.6. The van der Waals surface area contributed by atoms with Crippen molar-refractivity contribution in [2.75, 3.05) is 18.0 Å². The van der Waals surface area contributed by atoms with Crippen LogP contribution >= 0.6 is 0 Å². The molecule has 1 radical (unpaired) electrons. The fourth-order valence-electron chi connectivity index (χ4n) is 2.08. The van der Waals surface area contributed by atoms with Crippen LogP contribution in [0.3, 0.4) is 0 Å². The van der Waals surface area contributed by atoms with Gasteiger partial charge in [-0.1, -0.05) is 0 Å². The fraction of sp³-hybridized carbons (Fsp3) is 0.600. The molecule has 1 saturated heterocycles. The molecule has 1 aliphatic heterocycles. The SMILES string of the molecule is O=[N+]([O-])CC1CCCCN1c1ccn[c]n1. The van der Waals surface area contributed by atoms with Gasteiger partial charge in [0.15, 0.2) is 6.33 Å². The van der Waals surface area contributed by atoms with Crippen molar-refractivity contribution in [1.29, 1.82) is 0 Å². The van der Waals surface area contributed by atoms with Crippen molar-refractivity contribution in [3.63, 3.8) is 0 Å². The summed E-state index contributed by atoms with van der Waals surface area (Å²) in [6, 6.07) is 1.72. The largest absolute Gasteiger partial charge is 0.347 e. The molecule has 1 aromatic heterocycles. The molecule has 0 saturated carbocycles. The Morgan fingerprint density at radius 3 is 3.19 bits per heavy atom. The van der Waals surface area contributed by atoms with E-state index in [1.807, 2.05) is 4.90 Å². The Balaban J connectivity index is 2.13. The summed E-state index contributed by atoms with van der Waals surface area (Å²) >= 11 is 0. The monoisotopic (exact) mass is 221 g/mol. The van der Waals surface area contributed by atoms with E-state index < -0.39 is 0 Å². The minimum atomic E-state index is -0.256. The van der Waals surface area contributed by atoms with Gasteiger partial charge in [-0.15, -0.1) is 0 Å². The highest BCUT2D eigenvalue weighted by molar-refractivity contribution is 5.38. The Bertz CT molecular complexity index is 357. The zero-order chi connectivity index (χ0) is 11.4. The molecule has 1 aromatic rings. The number of nitro groups is 1. The Morgan fingerprint density at radius 1 is 1.62 bits per heavy atom. The molecule has 1 fully saturated rings. The number of hydrogen-bond donors (Lipinski definition) is 0. The number of hydrogen-bond acceptors (Lipinski definition) is 5. The van der Waals surface area contributed by atoms with Gasteiger partial charge >= 0.3 is 0 Å². The van der Waals surface area contributed by atoms with Crippen molar-refractivity contribution in [3.8, 4) is 0 Å². The first-order valence-corrected chi connectivity index (χ1v) is 5.35. The number of aromatic nitrogens is 2. The van der Waals surface area contributed by atoms with Crippen molar-refractivity contribution >= 4 is 5.82 Å². The molecule has 2 heterocycles. The van der Waals surface area contributed by atoms with E-state index in [0.717, 1.165) is 31.6 Å². The van der Waals surface area contributed by atoms with Crippen LogP contribution in [0.25, 0.3) is 0 Å². The molecular formula is C10H13N4O2. The third-order valence-electron chi connectivity index (χ3n) is 2.80. The fourth-order valence-corrected chi connectivity index (χ4v) is 2.08. The van der Waals surface area contributed by atoms with Gasteiger partial charge in [-0.05, 0) is 25.3 Å². The molecule has 85 valence electrons.